The van der Waals surface area contributed by atoms with Crippen LogP contribution in [-0.4, -0.2) is 74.9 Å². The third kappa shape index (κ3) is 9.49. The maximum absolute atomic E-state index is 7.21. The first-order valence-corrected chi connectivity index (χ1v) is 21.6. The van der Waals surface area contributed by atoms with E-state index in [1.807, 2.05) is 115 Å². The second-order valence-corrected chi connectivity index (χ2v) is 19.6. The zero-order valence-corrected chi connectivity index (χ0v) is 28.7. The van der Waals surface area contributed by atoms with Crippen LogP contribution in [0.25, 0.3) is 0 Å². The molecule has 0 N–H and O–H groups in total. The van der Waals surface area contributed by atoms with Crippen molar-refractivity contribution >= 4 is 45.6 Å². The minimum Gasteiger partial charge on any atom is -0.409 e. The fraction of sp³-hybridized carbons (Fsp3) is 0.538. The average Bonchev–Trinajstić information content (AvgIpc) is 2.90. The Bertz CT molecular complexity index is 834. The van der Waals surface area contributed by atoms with Crippen LogP contribution in [0.15, 0.2) is 60.7 Å². The summed E-state index contributed by atoms with van der Waals surface area (Å²) in [5, 5.41) is 1.77. The molecule has 220 valence electrons. The summed E-state index contributed by atoms with van der Waals surface area (Å²) in [5.41, 5.74) is 0. The molecule has 9 nitrogen and oxygen atoms in total. The van der Waals surface area contributed by atoms with Gasteiger partial charge in [0.15, 0.2) is 0 Å². The summed E-state index contributed by atoms with van der Waals surface area (Å²) in [6.07, 6.45) is 0. The zero-order chi connectivity index (χ0) is 28.8. The topological polar surface area (TPSA) is 83.1 Å². The minimum absolute atomic E-state index is 0.365. The Kier molecular flexibility index (Phi) is 14.4. The van der Waals surface area contributed by atoms with E-state index in [1.54, 1.807) is 0 Å². The lowest BCUT2D eigenvalue weighted by molar-refractivity contribution is -0.00333. The van der Waals surface area contributed by atoms with E-state index in [-0.39, 0.29) is 0 Å². The van der Waals surface area contributed by atoms with E-state index in [9.17, 15) is 0 Å². The Morgan fingerprint density at radius 2 is 0.667 bits per heavy atom. The van der Waals surface area contributed by atoms with Crippen LogP contribution in [-0.2, 0) is 38.9 Å². The summed E-state index contributed by atoms with van der Waals surface area (Å²) in [4.78, 5) is 0. The van der Waals surface area contributed by atoms with E-state index >= 15 is 0 Å². The van der Waals surface area contributed by atoms with Gasteiger partial charge in [0.2, 0.25) is 0 Å². The molecule has 2 aromatic carbocycles. The molecule has 0 aliphatic carbocycles. The van der Waals surface area contributed by atoms with Crippen LogP contribution in [0.1, 0.15) is 41.5 Å². The highest BCUT2D eigenvalue weighted by Gasteiger charge is 2.60. The first-order valence-electron chi connectivity index (χ1n) is 13.7. The van der Waals surface area contributed by atoms with Gasteiger partial charge in [0, 0.05) is 39.6 Å². The quantitative estimate of drug-likeness (QED) is 0.205. The van der Waals surface area contributed by atoms with E-state index in [0.29, 0.717) is 39.6 Å². The summed E-state index contributed by atoms with van der Waals surface area (Å²) in [5.74, 6) is 0. The number of benzene rings is 2. The highest BCUT2D eigenvalue weighted by atomic mass is 28.5. The van der Waals surface area contributed by atoms with Crippen molar-refractivity contribution in [3.05, 3.63) is 60.7 Å². The summed E-state index contributed by atoms with van der Waals surface area (Å²) < 4.78 is 57.6. The van der Waals surface area contributed by atoms with Crippen molar-refractivity contribution < 1.29 is 38.9 Å². The van der Waals surface area contributed by atoms with Gasteiger partial charge in [-0.15, -0.1) is 0 Å². The van der Waals surface area contributed by atoms with Gasteiger partial charge in [-0.05, 0) is 65.0 Å². The molecule has 0 aliphatic rings. The minimum atomic E-state index is -3.60. The maximum atomic E-state index is 7.21. The fourth-order valence-corrected chi connectivity index (χ4v) is 19.5. The molecule has 0 radical (unpaired) electrons. The lowest BCUT2D eigenvalue weighted by Gasteiger charge is -2.43. The van der Waals surface area contributed by atoms with Gasteiger partial charge >= 0.3 is 35.2 Å². The normalized spacial score (nSPS) is 15.6. The van der Waals surface area contributed by atoms with Crippen molar-refractivity contribution in [2.75, 3.05) is 39.6 Å². The van der Waals surface area contributed by atoms with E-state index in [0.717, 1.165) is 10.4 Å². The molecule has 0 saturated heterocycles. The Labute approximate surface area is 239 Å². The fourth-order valence-electron chi connectivity index (χ4n) is 4.10. The molecule has 0 bridgehead atoms. The molecule has 2 atom stereocenters. The SMILES string of the molecule is CCO[Si](OCC)(OCC)O[Si](C)(O[Si](C)(O[Si](OCC)(OCC)OCC)c1ccccc1)c1ccccc1. The molecule has 2 rings (SSSR count). The predicted molar refractivity (Wildman–Crippen MR) is 160 cm³/mol. The molecular formula is C26H46O9Si4. The van der Waals surface area contributed by atoms with Crippen molar-refractivity contribution in [1.82, 2.24) is 0 Å². The van der Waals surface area contributed by atoms with Crippen LogP contribution in [0.4, 0.5) is 0 Å². The summed E-state index contributed by atoms with van der Waals surface area (Å²) in [7, 11) is -14.0. The second kappa shape index (κ2) is 16.4. The van der Waals surface area contributed by atoms with Crippen LogP contribution in [0, 0.1) is 0 Å². The van der Waals surface area contributed by atoms with Crippen LogP contribution in [0.2, 0.25) is 13.1 Å². The van der Waals surface area contributed by atoms with Gasteiger partial charge < -0.3 is 38.9 Å². The lowest BCUT2D eigenvalue weighted by atomic mass is 10.4. The Balaban J connectivity index is 2.72. The van der Waals surface area contributed by atoms with Gasteiger partial charge in [-0.1, -0.05) is 60.7 Å². The van der Waals surface area contributed by atoms with Crippen molar-refractivity contribution in [2.45, 2.75) is 54.6 Å². The summed E-state index contributed by atoms with van der Waals surface area (Å²) in [6.45, 7) is 17.5. The third-order valence-corrected chi connectivity index (χ3v) is 20.4. The van der Waals surface area contributed by atoms with Gasteiger partial charge in [-0.25, -0.2) is 0 Å². The van der Waals surface area contributed by atoms with Crippen LogP contribution < -0.4 is 10.4 Å². The van der Waals surface area contributed by atoms with Gasteiger partial charge in [0.25, 0.3) is 0 Å². The zero-order valence-electron chi connectivity index (χ0n) is 24.7. The monoisotopic (exact) mass is 614 g/mol. The first-order chi connectivity index (χ1) is 18.7. The van der Waals surface area contributed by atoms with Crippen LogP contribution in [0.5, 0.6) is 0 Å². The highest BCUT2D eigenvalue weighted by molar-refractivity contribution is 6.96. The van der Waals surface area contributed by atoms with Crippen LogP contribution >= 0.6 is 0 Å². The second-order valence-electron chi connectivity index (χ2n) is 8.53. The summed E-state index contributed by atoms with van der Waals surface area (Å²) in [6, 6.07) is 19.7. The lowest BCUT2D eigenvalue weighted by Crippen LogP contribution is -2.71. The molecular weight excluding hydrogens is 569 g/mol. The molecule has 0 aliphatic heterocycles. The van der Waals surface area contributed by atoms with E-state index in [4.69, 9.17) is 38.9 Å². The molecule has 0 aromatic heterocycles. The number of hydrogen-bond donors (Lipinski definition) is 0. The largest absolute Gasteiger partial charge is 0.670 e. The molecule has 13 heteroatoms. The van der Waals surface area contributed by atoms with Gasteiger partial charge in [0.05, 0.1) is 0 Å². The van der Waals surface area contributed by atoms with E-state index < -0.39 is 35.2 Å². The molecule has 0 fully saturated rings. The van der Waals surface area contributed by atoms with Gasteiger partial charge in [-0.3, -0.25) is 0 Å². The molecule has 0 spiro atoms. The highest BCUT2D eigenvalue weighted by Crippen LogP contribution is 2.27. The van der Waals surface area contributed by atoms with Gasteiger partial charge in [-0.2, -0.15) is 0 Å². The molecule has 0 amide bonds. The Hall–Kier alpha value is -1.05. The Morgan fingerprint density at radius 3 is 0.897 bits per heavy atom. The standard InChI is InChI=1S/C26H46O9Si4/c1-9-27-38(28-10-2,29-11-3)34-36(7,25-21-17-15-18-22-25)33-37(8,26-23-19-16-20-24-26)35-39(30-12-4,31-13-5)32-14-6/h15-24H,9-14H2,1-8H3. The number of rotatable bonds is 20. The van der Waals surface area contributed by atoms with Crippen molar-refractivity contribution in [1.29, 1.82) is 0 Å². The van der Waals surface area contributed by atoms with Crippen molar-refractivity contribution in [3.63, 3.8) is 0 Å². The maximum Gasteiger partial charge on any atom is 0.670 e. The predicted octanol–water partition coefficient (Wildman–Crippen LogP) is 4.08. The van der Waals surface area contributed by atoms with E-state index in [2.05, 4.69) is 0 Å². The molecule has 39 heavy (non-hydrogen) atoms. The van der Waals surface area contributed by atoms with Crippen LogP contribution in [0.3, 0.4) is 0 Å². The molecule has 0 saturated carbocycles. The first kappa shape index (κ1) is 34.2. The van der Waals surface area contributed by atoms with Crippen molar-refractivity contribution in [3.8, 4) is 0 Å². The van der Waals surface area contributed by atoms with E-state index in [1.165, 1.54) is 0 Å². The molecule has 0 heterocycles. The molecule has 2 unspecified atom stereocenters. The average molecular weight is 615 g/mol. The Morgan fingerprint density at radius 1 is 0.410 bits per heavy atom. The third-order valence-electron chi connectivity index (χ3n) is 5.55. The smallest absolute Gasteiger partial charge is 0.409 e. The van der Waals surface area contributed by atoms with Crippen molar-refractivity contribution in [2.24, 2.45) is 0 Å². The van der Waals surface area contributed by atoms with Gasteiger partial charge in [0.1, 0.15) is 0 Å². The molecule has 2 aromatic rings. The number of hydrogen-bond acceptors (Lipinski definition) is 9. The summed E-state index contributed by atoms with van der Waals surface area (Å²) >= 11 is 0.